The van der Waals surface area contributed by atoms with Gasteiger partial charge in [0.15, 0.2) is 0 Å². The van der Waals surface area contributed by atoms with Gasteiger partial charge in [0.25, 0.3) is 0 Å². The molecule has 1 N–H and O–H groups in total. The van der Waals surface area contributed by atoms with E-state index in [1.807, 2.05) is 0 Å². The summed E-state index contributed by atoms with van der Waals surface area (Å²) in [6.07, 6.45) is 3.48. The van der Waals surface area contributed by atoms with Gasteiger partial charge >= 0.3 is 0 Å². The van der Waals surface area contributed by atoms with Crippen molar-refractivity contribution in [3.05, 3.63) is 0 Å². The first kappa shape index (κ1) is 14.2. The van der Waals surface area contributed by atoms with E-state index in [9.17, 15) is 8.42 Å². The highest BCUT2D eigenvalue weighted by atomic mass is 32.2. The van der Waals surface area contributed by atoms with E-state index in [1.54, 1.807) is 4.31 Å². The summed E-state index contributed by atoms with van der Waals surface area (Å²) in [6.45, 7) is 7.85. The van der Waals surface area contributed by atoms with Crippen molar-refractivity contribution in [1.29, 1.82) is 0 Å². The smallest absolute Gasteiger partial charge is 0.211 e. The summed E-state index contributed by atoms with van der Waals surface area (Å²) < 4.78 is 24.8. The Kier molecular flexibility index (Phi) is 4.64. The molecule has 5 nitrogen and oxygen atoms in total. The predicted molar refractivity (Wildman–Crippen MR) is 73.0 cm³/mol. The number of nitrogens with one attached hydrogen (secondary N) is 1. The maximum Gasteiger partial charge on any atom is 0.211 e. The molecule has 2 atom stereocenters. The fraction of sp³-hybridized carbons (Fsp3) is 1.00. The van der Waals surface area contributed by atoms with Crippen LogP contribution in [0.2, 0.25) is 0 Å². The molecule has 2 heterocycles. The maximum atomic E-state index is 11.6. The van der Waals surface area contributed by atoms with Gasteiger partial charge in [-0.3, -0.25) is 4.90 Å². The van der Waals surface area contributed by atoms with Crippen molar-refractivity contribution in [3.8, 4) is 0 Å². The average Bonchev–Trinajstić information content (AvgIpc) is 2.31. The number of hydrogen-bond acceptors (Lipinski definition) is 4. The van der Waals surface area contributed by atoms with Crippen molar-refractivity contribution in [1.82, 2.24) is 14.5 Å². The molecule has 0 spiro atoms. The van der Waals surface area contributed by atoms with Crippen molar-refractivity contribution < 1.29 is 8.42 Å². The van der Waals surface area contributed by atoms with E-state index in [1.165, 1.54) is 6.26 Å². The first-order chi connectivity index (χ1) is 8.47. The standard InChI is InChI=1S/C12H25N3O2S/c1-11-8-13-5-7-14(11)9-12-4-3-6-15(10-12)18(2,16)17/h11-13H,3-10H2,1-2H3/t11-,12?/m0/s1. The first-order valence-corrected chi connectivity index (χ1v) is 8.71. The molecule has 6 heteroatoms. The number of sulfonamides is 1. The van der Waals surface area contributed by atoms with Crippen molar-refractivity contribution in [2.45, 2.75) is 25.8 Å². The highest BCUT2D eigenvalue weighted by molar-refractivity contribution is 7.88. The van der Waals surface area contributed by atoms with Crippen molar-refractivity contribution in [2.75, 3.05) is 45.5 Å². The van der Waals surface area contributed by atoms with E-state index in [2.05, 4.69) is 17.1 Å². The molecule has 0 saturated carbocycles. The summed E-state index contributed by atoms with van der Waals surface area (Å²) >= 11 is 0. The predicted octanol–water partition coefficient (Wildman–Crippen LogP) is -0.0483. The van der Waals surface area contributed by atoms with Crippen LogP contribution in [-0.2, 0) is 10.0 Å². The Labute approximate surface area is 111 Å². The lowest BCUT2D eigenvalue weighted by atomic mass is 9.98. The summed E-state index contributed by atoms with van der Waals surface area (Å²) in [5.74, 6) is 0.494. The molecule has 2 aliphatic heterocycles. The molecule has 0 bridgehead atoms. The summed E-state index contributed by atoms with van der Waals surface area (Å²) in [6, 6.07) is 0.562. The van der Waals surface area contributed by atoms with Crippen molar-refractivity contribution in [3.63, 3.8) is 0 Å². The first-order valence-electron chi connectivity index (χ1n) is 6.86. The summed E-state index contributed by atoms with van der Waals surface area (Å²) in [7, 11) is -3.01. The Morgan fingerprint density at radius 3 is 2.78 bits per heavy atom. The van der Waals surface area contributed by atoms with E-state index in [0.717, 1.165) is 39.0 Å². The van der Waals surface area contributed by atoms with Crippen LogP contribution in [0.1, 0.15) is 19.8 Å². The zero-order valence-corrected chi connectivity index (χ0v) is 12.2. The maximum absolute atomic E-state index is 11.6. The summed E-state index contributed by atoms with van der Waals surface area (Å²) in [4.78, 5) is 2.49. The molecule has 106 valence electrons. The molecule has 2 rings (SSSR count). The Morgan fingerprint density at radius 2 is 2.11 bits per heavy atom. The number of hydrogen-bond donors (Lipinski definition) is 1. The molecular weight excluding hydrogens is 250 g/mol. The minimum atomic E-state index is -3.01. The van der Waals surface area contributed by atoms with Gasteiger partial charge in [-0.25, -0.2) is 12.7 Å². The molecule has 18 heavy (non-hydrogen) atoms. The second kappa shape index (κ2) is 5.86. The molecule has 0 aliphatic carbocycles. The van der Waals surface area contributed by atoms with Gasteiger partial charge in [0.2, 0.25) is 10.0 Å². The third kappa shape index (κ3) is 3.66. The SMILES string of the molecule is C[C@H]1CNCCN1CC1CCCN(S(C)(=O)=O)C1. The molecule has 0 aromatic carbocycles. The molecular formula is C12H25N3O2S. The number of piperidine rings is 1. The molecule has 2 saturated heterocycles. The fourth-order valence-corrected chi connectivity index (χ4v) is 3.91. The monoisotopic (exact) mass is 275 g/mol. The van der Waals surface area contributed by atoms with Crippen LogP contribution in [0.25, 0.3) is 0 Å². The molecule has 0 aromatic heterocycles. The number of rotatable bonds is 3. The van der Waals surface area contributed by atoms with Gasteiger partial charge in [0.1, 0.15) is 0 Å². The van der Waals surface area contributed by atoms with Crippen LogP contribution in [0.3, 0.4) is 0 Å². The molecule has 2 fully saturated rings. The minimum Gasteiger partial charge on any atom is -0.314 e. The highest BCUT2D eigenvalue weighted by Gasteiger charge is 2.28. The van der Waals surface area contributed by atoms with Crippen LogP contribution in [0.15, 0.2) is 0 Å². The quantitative estimate of drug-likeness (QED) is 0.785. The molecule has 2 aliphatic rings. The third-order valence-corrected chi connectivity index (χ3v) is 5.35. The Balaban J connectivity index is 1.89. The minimum absolute atomic E-state index is 0.494. The Morgan fingerprint density at radius 1 is 1.33 bits per heavy atom. The van der Waals surface area contributed by atoms with Crippen molar-refractivity contribution >= 4 is 10.0 Å². The second-order valence-corrected chi connectivity index (χ2v) is 7.66. The third-order valence-electron chi connectivity index (χ3n) is 4.08. The number of piperazine rings is 1. The van der Waals surface area contributed by atoms with Gasteiger partial charge in [0, 0.05) is 45.3 Å². The van der Waals surface area contributed by atoms with Crippen LogP contribution in [0, 0.1) is 5.92 Å². The van der Waals surface area contributed by atoms with Gasteiger partial charge in [0.05, 0.1) is 6.26 Å². The summed E-state index contributed by atoms with van der Waals surface area (Å²) in [5, 5.41) is 3.39. The van der Waals surface area contributed by atoms with Crippen LogP contribution in [0.4, 0.5) is 0 Å². The van der Waals surface area contributed by atoms with E-state index in [-0.39, 0.29) is 0 Å². The molecule has 1 unspecified atom stereocenters. The van der Waals surface area contributed by atoms with Gasteiger partial charge in [-0.1, -0.05) is 0 Å². The Hall–Kier alpha value is -0.170. The zero-order chi connectivity index (χ0) is 13.2. The zero-order valence-electron chi connectivity index (χ0n) is 11.4. The summed E-state index contributed by atoms with van der Waals surface area (Å²) in [5.41, 5.74) is 0. The molecule has 0 aromatic rings. The van der Waals surface area contributed by atoms with E-state index in [4.69, 9.17) is 0 Å². The van der Waals surface area contributed by atoms with Crippen molar-refractivity contribution in [2.24, 2.45) is 5.92 Å². The van der Waals surface area contributed by atoms with Crippen LogP contribution in [0.5, 0.6) is 0 Å². The van der Waals surface area contributed by atoms with Crippen LogP contribution >= 0.6 is 0 Å². The topological polar surface area (TPSA) is 52.6 Å². The lowest BCUT2D eigenvalue weighted by Crippen LogP contribution is -2.52. The van der Waals surface area contributed by atoms with E-state index >= 15 is 0 Å². The second-order valence-electron chi connectivity index (χ2n) is 5.68. The van der Waals surface area contributed by atoms with Gasteiger partial charge in [-0.2, -0.15) is 0 Å². The molecule has 0 amide bonds. The van der Waals surface area contributed by atoms with Gasteiger partial charge in [-0.15, -0.1) is 0 Å². The van der Waals surface area contributed by atoms with Gasteiger partial charge in [-0.05, 0) is 25.7 Å². The lowest BCUT2D eigenvalue weighted by Gasteiger charge is -2.39. The average molecular weight is 275 g/mol. The van der Waals surface area contributed by atoms with Crippen LogP contribution < -0.4 is 5.32 Å². The lowest BCUT2D eigenvalue weighted by molar-refractivity contribution is 0.124. The number of nitrogens with zero attached hydrogens (tertiary/aromatic N) is 2. The normalized spacial score (nSPS) is 32.6. The Bertz CT molecular complexity index is 372. The highest BCUT2D eigenvalue weighted by Crippen LogP contribution is 2.20. The van der Waals surface area contributed by atoms with E-state index in [0.29, 0.717) is 25.0 Å². The largest absolute Gasteiger partial charge is 0.314 e. The molecule has 0 radical (unpaired) electrons. The van der Waals surface area contributed by atoms with Gasteiger partial charge < -0.3 is 5.32 Å². The van der Waals surface area contributed by atoms with Crippen LogP contribution in [-0.4, -0.2) is 69.2 Å². The van der Waals surface area contributed by atoms with E-state index < -0.39 is 10.0 Å². The fourth-order valence-electron chi connectivity index (χ4n) is 2.96.